The van der Waals surface area contributed by atoms with Crippen LogP contribution in [0.15, 0.2) is 17.7 Å². The molecule has 0 atom stereocenters. The van der Waals surface area contributed by atoms with Crippen LogP contribution < -0.4 is 5.48 Å². The van der Waals surface area contributed by atoms with Gasteiger partial charge in [-0.3, -0.25) is 0 Å². The Balaban J connectivity index is -0.0000000465. The van der Waals surface area contributed by atoms with Gasteiger partial charge in [-0.1, -0.05) is 12.4 Å². The Labute approximate surface area is 90.3 Å². The van der Waals surface area contributed by atoms with Crippen LogP contribution in [0, 0.1) is 10.1 Å². The molecule has 0 aromatic rings. The molecule has 0 rings (SSSR count). The van der Waals surface area contributed by atoms with Crippen LogP contribution in [0.5, 0.6) is 0 Å². The monoisotopic (exact) mass is 372 g/mol. The van der Waals surface area contributed by atoms with E-state index < -0.39 is 0 Å². The first-order chi connectivity index (χ1) is 5.60. The molecule has 0 spiro atoms. The molecule has 84 valence electrons. The molecule has 5 N–H and O–H groups in total. The summed E-state index contributed by atoms with van der Waals surface area (Å²) in [4.78, 5) is 8.00. The van der Waals surface area contributed by atoms with E-state index in [0.717, 1.165) is 5.34 Å². The van der Waals surface area contributed by atoms with E-state index in [1.54, 1.807) is 0 Å². The second-order valence-electron chi connectivity index (χ2n) is 1.16. The van der Waals surface area contributed by atoms with Crippen LogP contribution in [-0.4, -0.2) is 18.3 Å². The first-order valence-corrected chi connectivity index (χ1v) is 2.65. The average Bonchev–Trinajstić information content (AvgIpc) is 2.06. The second-order valence-corrected chi connectivity index (χ2v) is 1.16. The van der Waals surface area contributed by atoms with Gasteiger partial charge in [0, 0.05) is 21.1 Å². The third-order valence-corrected chi connectivity index (χ3v) is 0.260. The molecular formula is C4H11N5O3Pt-4. The summed E-state index contributed by atoms with van der Waals surface area (Å²) in [5, 5.41) is 16.6. The summed E-state index contributed by atoms with van der Waals surface area (Å²) in [6, 6.07) is 0. The fourth-order valence-electron chi connectivity index (χ4n) is 0. The van der Waals surface area contributed by atoms with E-state index >= 15 is 0 Å². The van der Waals surface area contributed by atoms with Gasteiger partial charge in [-0.25, -0.2) is 0 Å². The van der Waals surface area contributed by atoms with Crippen molar-refractivity contribution >= 4 is 0 Å². The smallest absolute Gasteiger partial charge is 0 e. The van der Waals surface area contributed by atoms with E-state index in [2.05, 4.69) is 6.58 Å². The Bertz CT molecular complexity index is 102. The van der Waals surface area contributed by atoms with Gasteiger partial charge in [-0.05, 0) is 0 Å². The molecule has 0 unspecified atom stereocenters. The van der Waals surface area contributed by atoms with Crippen LogP contribution in [0.4, 0.5) is 0 Å². The topological polar surface area (TPSA) is 156 Å². The molecule has 0 amide bonds. The predicted molar refractivity (Wildman–Crippen MR) is 45.9 cm³/mol. The molecule has 0 saturated carbocycles. The standard InChI is InChI=1S/C2H5N2O.C2H6N2.HNO2.Pt/c1-2(3)4-5;3-1-2-4;2-1-3;/h3-5H,1H2;3-4H,1-2H2;(H,2,3);/q-1;-2;;/p-1. The number of nitrogens with zero attached hydrogens (tertiary/aromatic N) is 1. The number of nitrogens with one attached hydrogen (secondary N) is 4. The minimum atomic E-state index is -0.190. The first kappa shape index (κ1) is 22.8. The number of hydrogen-bond acceptors (Lipinski definition) is 5. The van der Waals surface area contributed by atoms with Crippen molar-refractivity contribution in [2.45, 2.75) is 0 Å². The van der Waals surface area contributed by atoms with Crippen molar-refractivity contribution in [1.82, 2.24) is 5.48 Å². The number of hydrogen-bond donors (Lipinski definition) is 2. The van der Waals surface area contributed by atoms with Crippen molar-refractivity contribution in [2.24, 2.45) is 5.34 Å². The Hall–Kier alpha value is -0.692. The zero-order valence-electron chi connectivity index (χ0n) is 6.65. The molecule has 0 saturated heterocycles. The Morgan fingerprint density at radius 3 is 1.69 bits per heavy atom. The fraction of sp³-hybridized carbons (Fsp3) is 0.500. The molecule has 0 aliphatic carbocycles. The fourth-order valence-corrected chi connectivity index (χ4v) is 0. The van der Waals surface area contributed by atoms with Gasteiger partial charge >= 0.3 is 0 Å². The van der Waals surface area contributed by atoms with Gasteiger partial charge < -0.3 is 38.0 Å². The Kier molecular flexibility index (Phi) is 53.0. The molecule has 8 nitrogen and oxygen atoms in total. The van der Waals surface area contributed by atoms with Gasteiger partial charge in [0.05, 0.1) is 0 Å². The van der Waals surface area contributed by atoms with Gasteiger partial charge in [-0.2, -0.15) is 13.1 Å². The maximum absolute atomic E-state index is 8.00. The zero-order chi connectivity index (χ0) is 10.4. The molecule has 0 radical (unpaired) electrons. The van der Waals surface area contributed by atoms with Crippen molar-refractivity contribution in [1.29, 1.82) is 0 Å². The van der Waals surface area contributed by atoms with Gasteiger partial charge in [0.2, 0.25) is 0 Å². The third kappa shape index (κ3) is 184. The number of hydroxylamine groups is 1. The van der Waals surface area contributed by atoms with Gasteiger partial charge in [0.15, 0.2) is 0 Å². The molecule has 0 aliphatic heterocycles. The van der Waals surface area contributed by atoms with Crippen LogP contribution in [0.2, 0.25) is 0 Å². The van der Waals surface area contributed by atoms with E-state index in [9.17, 15) is 0 Å². The van der Waals surface area contributed by atoms with Crippen molar-refractivity contribution < 1.29 is 26.3 Å². The summed E-state index contributed by atoms with van der Waals surface area (Å²) in [5.41, 5.74) is 20.3. The number of rotatable bonds is 2. The van der Waals surface area contributed by atoms with Crippen LogP contribution in [0.25, 0.3) is 17.2 Å². The van der Waals surface area contributed by atoms with Gasteiger partial charge in [-0.15, -0.1) is 5.34 Å². The maximum Gasteiger partial charge on any atom is 0 e. The minimum absolute atomic E-state index is 0. The summed E-state index contributed by atoms with van der Waals surface area (Å²) in [6.45, 7) is 3.45. The van der Waals surface area contributed by atoms with Crippen LogP contribution in [-0.2, 0) is 21.1 Å². The van der Waals surface area contributed by atoms with Crippen LogP contribution in [0.3, 0.4) is 0 Å². The molecule has 0 fully saturated rings. The SMILES string of the molecule is C=C([NH-])NO.O=N[O-].[NH-]CC[NH-].[Pt]. The second kappa shape index (κ2) is 30.2. The molecule has 0 aromatic carbocycles. The van der Waals surface area contributed by atoms with E-state index in [4.69, 9.17) is 32.5 Å². The molecule has 13 heavy (non-hydrogen) atoms. The van der Waals surface area contributed by atoms with E-state index in [0.29, 0.717) is 0 Å². The van der Waals surface area contributed by atoms with Crippen molar-refractivity contribution in [3.8, 4) is 0 Å². The van der Waals surface area contributed by atoms with Gasteiger partial charge in [0.25, 0.3) is 0 Å². The third-order valence-electron chi connectivity index (χ3n) is 0.260. The molecule has 9 heteroatoms. The summed E-state index contributed by atoms with van der Waals surface area (Å²) >= 11 is 0. The summed E-state index contributed by atoms with van der Waals surface area (Å²) in [5.74, 6) is -0.190. The van der Waals surface area contributed by atoms with E-state index in [1.165, 1.54) is 5.48 Å². The van der Waals surface area contributed by atoms with Crippen molar-refractivity contribution in [2.75, 3.05) is 13.1 Å². The maximum atomic E-state index is 8.00. The summed E-state index contributed by atoms with van der Waals surface area (Å²) < 4.78 is 0. The van der Waals surface area contributed by atoms with E-state index in [1.807, 2.05) is 0 Å². The molecule has 0 heterocycles. The average molecular weight is 372 g/mol. The largest absolute Gasteiger partial charge is 0.679 e. The molecular weight excluding hydrogens is 361 g/mol. The Morgan fingerprint density at radius 1 is 1.54 bits per heavy atom. The van der Waals surface area contributed by atoms with Gasteiger partial charge in [0.1, 0.15) is 0 Å². The van der Waals surface area contributed by atoms with Crippen molar-refractivity contribution in [3.63, 3.8) is 0 Å². The van der Waals surface area contributed by atoms with Crippen LogP contribution >= 0.6 is 0 Å². The first-order valence-electron chi connectivity index (χ1n) is 2.65. The normalized spacial score (nSPS) is 5.77. The quantitative estimate of drug-likeness (QED) is 0.560. The zero-order valence-corrected chi connectivity index (χ0v) is 8.92. The van der Waals surface area contributed by atoms with E-state index in [-0.39, 0.29) is 40.0 Å². The Morgan fingerprint density at radius 2 is 1.69 bits per heavy atom. The minimum Gasteiger partial charge on any atom is -0.679 e. The summed E-state index contributed by atoms with van der Waals surface area (Å²) in [6.07, 6.45) is 0. The van der Waals surface area contributed by atoms with Crippen molar-refractivity contribution in [3.05, 3.63) is 39.7 Å². The summed E-state index contributed by atoms with van der Waals surface area (Å²) in [7, 11) is 0. The molecule has 0 aromatic heterocycles. The molecule has 0 aliphatic rings. The molecule has 0 bridgehead atoms. The predicted octanol–water partition coefficient (Wildman–Crippen LogP) is 1.83. The van der Waals surface area contributed by atoms with Crippen LogP contribution in [0.1, 0.15) is 0 Å².